The summed E-state index contributed by atoms with van der Waals surface area (Å²) in [5.74, 6) is 1.75. The second-order valence-corrected chi connectivity index (χ2v) is 13.7. The summed E-state index contributed by atoms with van der Waals surface area (Å²) >= 11 is 0. The molecule has 0 spiro atoms. The Kier molecular flexibility index (Phi) is 6.76. The van der Waals surface area contributed by atoms with Gasteiger partial charge in [-0.15, -0.1) is 13.2 Å². The Labute approximate surface area is 285 Å². The van der Waals surface area contributed by atoms with Crippen molar-refractivity contribution in [3.8, 4) is 45.6 Å². The van der Waals surface area contributed by atoms with Crippen LogP contribution in [0.25, 0.3) is 89.7 Å². The fourth-order valence-electron chi connectivity index (χ4n) is 6.57. The Morgan fingerprint density at radius 3 is 1.40 bits per heavy atom. The number of fused-ring (bicyclic) bond motifs is 20. The molecule has 0 fully saturated rings. The lowest BCUT2D eigenvalue weighted by Gasteiger charge is -2.19. The molecule has 0 aliphatic carbocycles. The molecule has 2 N–H and O–H groups in total. The summed E-state index contributed by atoms with van der Waals surface area (Å²) in [6.07, 6.45) is 3.10. The van der Waals surface area contributed by atoms with E-state index in [1.165, 1.54) is 4.31 Å². The van der Waals surface area contributed by atoms with Gasteiger partial charge < -0.3 is 9.97 Å². The summed E-state index contributed by atoms with van der Waals surface area (Å²) in [6, 6.07) is 28.5. The number of nitrogens with one attached hydrogen (secondary N) is 2. The number of nitrogens with zero attached hydrogens (tertiary/aromatic N) is 7. The maximum Gasteiger partial charge on any atom is 0.244 e. The zero-order valence-electron chi connectivity index (χ0n) is 26.5. The number of aromatic nitrogens is 8. The van der Waals surface area contributed by atoms with Crippen molar-refractivity contribution in [3.05, 3.63) is 116 Å². The molecule has 9 rings (SSSR count). The van der Waals surface area contributed by atoms with E-state index in [0.29, 0.717) is 51.0 Å². The van der Waals surface area contributed by atoms with E-state index in [0.717, 1.165) is 33.0 Å². The third-order valence-corrected chi connectivity index (χ3v) is 10.7. The van der Waals surface area contributed by atoms with Crippen molar-refractivity contribution in [2.24, 2.45) is 0 Å². The second-order valence-electron chi connectivity index (χ2n) is 11.8. The molecule has 2 aliphatic rings. The molecule has 0 amide bonds. The van der Waals surface area contributed by atoms with Crippen molar-refractivity contribution < 1.29 is 8.42 Å². The first-order valence-corrected chi connectivity index (χ1v) is 17.3. The van der Waals surface area contributed by atoms with Crippen LogP contribution in [0.3, 0.4) is 0 Å². The first kappa shape index (κ1) is 29.7. The van der Waals surface area contributed by atoms with Crippen molar-refractivity contribution >= 4 is 54.2 Å². The Morgan fingerprint density at radius 1 is 0.520 bits per heavy atom. The van der Waals surface area contributed by atoms with E-state index in [1.54, 1.807) is 24.3 Å². The van der Waals surface area contributed by atoms with Crippen LogP contribution in [0, 0.1) is 0 Å². The summed E-state index contributed by atoms with van der Waals surface area (Å²) < 4.78 is 29.9. The molecule has 4 aromatic carbocycles. The Hall–Kier alpha value is -6.37. The highest BCUT2D eigenvalue weighted by atomic mass is 32.2. The van der Waals surface area contributed by atoms with Gasteiger partial charge in [-0.25, -0.2) is 38.3 Å². The van der Waals surface area contributed by atoms with E-state index in [-0.39, 0.29) is 23.6 Å². The number of sulfonamides is 1. The smallest absolute Gasteiger partial charge is 0.244 e. The van der Waals surface area contributed by atoms with Crippen LogP contribution in [0.5, 0.6) is 0 Å². The summed E-state index contributed by atoms with van der Waals surface area (Å²) in [5.41, 5.74) is 5.02. The Bertz CT molecular complexity index is 2840. The highest BCUT2D eigenvalue weighted by molar-refractivity contribution is 7.89. The predicted molar refractivity (Wildman–Crippen MR) is 195 cm³/mol. The van der Waals surface area contributed by atoms with Crippen LogP contribution in [0.1, 0.15) is 0 Å². The molecule has 2 aliphatic heterocycles. The summed E-state index contributed by atoms with van der Waals surface area (Å²) in [5, 5.41) is 2.69. The zero-order valence-corrected chi connectivity index (χ0v) is 27.3. The summed E-state index contributed by atoms with van der Waals surface area (Å²) in [7, 11) is -4.05. The van der Waals surface area contributed by atoms with Crippen LogP contribution >= 0.6 is 0 Å². The monoisotopic (exact) mass is 673 g/mol. The van der Waals surface area contributed by atoms with Crippen molar-refractivity contribution in [1.82, 2.24) is 44.2 Å². The van der Waals surface area contributed by atoms with Gasteiger partial charge in [0.1, 0.15) is 22.6 Å². The molecule has 0 saturated heterocycles. The van der Waals surface area contributed by atoms with Crippen molar-refractivity contribution in [1.29, 1.82) is 0 Å². The van der Waals surface area contributed by atoms with Gasteiger partial charge in [0, 0.05) is 56.9 Å². The molecule has 50 heavy (non-hydrogen) atoms. The van der Waals surface area contributed by atoms with Gasteiger partial charge in [0.25, 0.3) is 0 Å². The van der Waals surface area contributed by atoms with Crippen molar-refractivity contribution in [3.63, 3.8) is 0 Å². The van der Waals surface area contributed by atoms with Gasteiger partial charge in [0.2, 0.25) is 10.0 Å². The van der Waals surface area contributed by atoms with Crippen LogP contribution in [-0.4, -0.2) is 65.7 Å². The van der Waals surface area contributed by atoms with E-state index in [4.69, 9.17) is 29.9 Å². The second kappa shape index (κ2) is 11.4. The molecule has 12 heteroatoms. The van der Waals surface area contributed by atoms with Crippen LogP contribution < -0.4 is 0 Å². The normalized spacial score (nSPS) is 12.3. The van der Waals surface area contributed by atoms with Gasteiger partial charge in [0.05, 0.1) is 4.90 Å². The average Bonchev–Trinajstić information content (AvgIpc) is 3.87. The molecule has 0 atom stereocenters. The quantitative estimate of drug-likeness (QED) is 0.176. The van der Waals surface area contributed by atoms with Gasteiger partial charge >= 0.3 is 0 Å². The topological polar surface area (TPSA) is 146 Å². The number of H-pyrrole nitrogens is 2. The van der Waals surface area contributed by atoms with Crippen molar-refractivity contribution in [2.45, 2.75) is 4.90 Å². The molecular weight excluding hydrogens is 647 g/mol. The lowest BCUT2D eigenvalue weighted by molar-refractivity contribution is 0.475. The number of benzene rings is 4. The molecule has 242 valence electrons. The standard InChI is InChI=1S/C38H27N9O2S/c1-3-20-47(21-4-2)50(48,49)29-19-11-18-28-30(29)38-45-36-27-17-10-9-16-26(27)34(43-36)41-32-23-13-6-5-12-22(23)31(39-32)40-33-24-14-7-8-15-25(24)35(42-33)44-37(28)46-38/h3-19H,1-2,20-21H2,(H2,39,40,41,42,43,44,45,46). The van der Waals surface area contributed by atoms with Crippen LogP contribution in [0.2, 0.25) is 0 Å². The molecule has 5 heterocycles. The van der Waals surface area contributed by atoms with E-state index in [9.17, 15) is 8.42 Å². The van der Waals surface area contributed by atoms with Crippen LogP contribution in [0.4, 0.5) is 0 Å². The molecule has 8 bridgehead atoms. The number of hydrogen-bond donors (Lipinski definition) is 2. The van der Waals surface area contributed by atoms with Gasteiger partial charge in [-0.05, 0) is 6.07 Å². The van der Waals surface area contributed by atoms with Gasteiger partial charge in [0.15, 0.2) is 23.3 Å². The minimum Gasteiger partial charge on any atom is -0.324 e. The number of aromatic amines is 2. The maximum atomic E-state index is 14.3. The molecular formula is C38H27N9O2S. The lowest BCUT2D eigenvalue weighted by Crippen LogP contribution is -2.31. The van der Waals surface area contributed by atoms with E-state index in [2.05, 4.69) is 23.1 Å². The van der Waals surface area contributed by atoms with Crippen LogP contribution in [-0.2, 0) is 10.0 Å². The third-order valence-electron chi connectivity index (χ3n) is 8.82. The molecule has 11 nitrogen and oxygen atoms in total. The first-order valence-electron chi connectivity index (χ1n) is 15.9. The number of rotatable bonds is 6. The summed E-state index contributed by atoms with van der Waals surface area (Å²) in [4.78, 5) is 36.7. The fraction of sp³-hybridized carbons (Fsp3) is 0.0526. The molecule has 0 unspecified atom stereocenters. The van der Waals surface area contributed by atoms with Gasteiger partial charge in [-0.2, -0.15) is 4.31 Å². The predicted octanol–water partition coefficient (Wildman–Crippen LogP) is 7.23. The third kappa shape index (κ3) is 4.57. The molecule has 3 aromatic heterocycles. The SMILES string of the molecule is C=CCN(CC=C)S(=O)(=O)c1cccc2c3nc4nc(nc5[nH]c(nc6nc(nc([nH]3)c12)-c1ccccc1-6)c1ccccc51)-c1ccccc1-4. The highest BCUT2D eigenvalue weighted by Gasteiger charge is 2.28. The first-order chi connectivity index (χ1) is 24.4. The minimum atomic E-state index is -4.05. The largest absolute Gasteiger partial charge is 0.324 e. The Morgan fingerprint density at radius 2 is 0.920 bits per heavy atom. The van der Waals surface area contributed by atoms with E-state index < -0.39 is 10.0 Å². The number of hydrogen-bond acceptors (Lipinski definition) is 8. The molecule has 7 aromatic rings. The molecule has 0 radical (unpaired) electrons. The molecule has 0 saturated carbocycles. The zero-order chi connectivity index (χ0) is 34.0. The van der Waals surface area contributed by atoms with E-state index in [1.807, 2.05) is 78.9 Å². The van der Waals surface area contributed by atoms with E-state index >= 15 is 0 Å². The average molecular weight is 674 g/mol. The van der Waals surface area contributed by atoms with Gasteiger partial charge in [-0.1, -0.05) is 97.1 Å². The summed E-state index contributed by atoms with van der Waals surface area (Å²) in [6.45, 7) is 7.74. The minimum absolute atomic E-state index is 0.0647. The highest BCUT2D eigenvalue weighted by Crippen LogP contribution is 2.38. The lowest BCUT2D eigenvalue weighted by atomic mass is 10.1. The fourth-order valence-corrected chi connectivity index (χ4v) is 8.17. The van der Waals surface area contributed by atoms with Gasteiger partial charge in [-0.3, -0.25) is 0 Å². The maximum absolute atomic E-state index is 14.3. The van der Waals surface area contributed by atoms with Crippen molar-refractivity contribution in [2.75, 3.05) is 13.1 Å². The van der Waals surface area contributed by atoms with Crippen LogP contribution in [0.15, 0.2) is 121 Å². The Balaban J connectivity index is 1.47.